The SMILES string of the molecule is CC(C)C(C)NCCn1ncccc1=O. The fraction of sp³-hybridized carbons (Fsp3) is 0.636. The minimum atomic E-state index is -0.0449. The Kier molecular flexibility index (Phi) is 4.49. The molecule has 0 radical (unpaired) electrons. The second-order valence-corrected chi connectivity index (χ2v) is 4.07. The highest BCUT2D eigenvalue weighted by Crippen LogP contribution is 1.98. The lowest BCUT2D eigenvalue weighted by Crippen LogP contribution is -2.35. The second-order valence-electron chi connectivity index (χ2n) is 4.07. The van der Waals surface area contributed by atoms with E-state index >= 15 is 0 Å². The number of nitrogens with zero attached hydrogens (tertiary/aromatic N) is 2. The van der Waals surface area contributed by atoms with Gasteiger partial charge in [0.25, 0.3) is 5.56 Å². The molecule has 4 nitrogen and oxygen atoms in total. The molecule has 1 aromatic heterocycles. The molecule has 1 N–H and O–H groups in total. The molecule has 0 bridgehead atoms. The van der Waals surface area contributed by atoms with Crippen LogP contribution in [0.15, 0.2) is 23.1 Å². The van der Waals surface area contributed by atoms with Gasteiger partial charge in [0, 0.05) is 24.8 Å². The van der Waals surface area contributed by atoms with Crippen LogP contribution in [-0.4, -0.2) is 22.4 Å². The van der Waals surface area contributed by atoms with Crippen molar-refractivity contribution in [1.29, 1.82) is 0 Å². The minimum Gasteiger partial charge on any atom is -0.312 e. The van der Waals surface area contributed by atoms with Crippen LogP contribution in [0.3, 0.4) is 0 Å². The van der Waals surface area contributed by atoms with Gasteiger partial charge in [-0.1, -0.05) is 13.8 Å². The highest BCUT2D eigenvalue weighted by atomic mass is 16.1. The monoisotopic (exact) mass is 209 g/mol. The fourth-order valence-electron chi connectivity index (χ4n) is 1.19. The molecule has 0 aliphatic heterocycles. The molecule has 0 amide bonds. The Morgan fingerprint density at radius 1 is 1.47 bits per heavy atom. The van der Waals surface area contributed by atoms with Crippen molar-refractivity contribution in [3.63, 3.8) is 0 Å². The number of hydrogen-bond acceptors (Lipinski definition) is 3. The lowest BCUT2D eigenvalue weighted by Gasteiger charge is -2.17. The van der Waals surface area contributed by atoms with E-state index in [0.717, 1.165) is 6.54 Å². The molecule has 1 heterocycles. The first-order valence-electron chi connectivity index (χ1n) is 5.37. The molecular weight excluding hydrogens is 190 g/mol. The first-order chi connectivity index (χ1) is 7.11. The van der Waals surface area contributed by atoms with Gasteiger partial charge in [0.2, 0.25) is 0 Å². The molecule has 0 saturated carbocycles. The van der Waals surface area contributed by atoms with Gasteiger partial charge in [0.15, 0.2) is 0 Å². The summed E-state index contributed by atoms with van der Waals surface area (Å²) in [4.78, 5) is 11.3. The van der Waals surface area contributed by atoms with Crippen LogP contribution in [0.5, 0.6) is 0 Å². The largest absolute Gasteiger partial charge is 0.312 e. The molecule has 0 aliphatic rings. The van der Waals surface area contributed by atoms with Crippen molar-refractivity contribution in [3.05, 3.63) is 28.7 Å². The third-order valence-corrected chi connectivity index (χ3v) is 2.58. The Labute approximate surface area is 90.3 Å². The van der Waals surface area contributed by atoms with Crippen LogP contribution >= 0.6 is 0 Å². The van der Waals surface area contributed by atoms with E-state index in [4.69, 9.17) is 0 Å². The number of rotatable bonds is 5. The Bertz CT molecular complexity index is 346. The van der Waals surface area contributed by atoms with Crippen LogP contribution in [0.2, 0.25) is 0 Å². The Morgan fingerprint density at radius 2 is 2.20 bits per heavy atom. The fourth-order valence-corrected chi connectivity index (χ4v) is 1.19. The molecule has 0 spiro atoms. The van der Waals surface area contributed by atoms with Crippen molar-refractivity contribution < 1.29 is 0 Å². The third-order valence-electron chi connectivity index (χ3n) is 2.58. The van der Waals surface area contributed by atoms with Crippen molar-refractivity contribution >= 4 is 0 Å². The summed E-state index contributed by atoms with van der Waals surface area (Å²) in [6, 6.07) is 3.64. The first-order valence-corrected chi connectivity index (χ1v) is 5.37. The Hall–Kier alpha value is -1.16. The van der Waals surface area contributed by atoms with Crippen LogP contribution < -0.4 is 10.9 Å². The van der Waals surface area contributed by atoms with E-state index < -0.39 is 0 Å². The second kappa shape index (κ2) is 5.66. The average Bonchev–Trinajstić information content (AvgIpc) is 2.20. The van der Waals surface area contributed by atoms with E-state index in [1.54, 1.807) is 12.3 Å². The van der Waals surface area contributed by atoms with Crippen molar-refractivity contribution in [1.82, 2.24) is 15.1 Å². The zero-order chi connectivity index (χ0) is 11.3. The summed E-state index contributed by atoms with van der Waals surface area (Å²) in [5.41, 5.74) is -0.0449. The summed E-state index contributed by atoms with van der Waals surface area (Å²) in [5, 5.41) is 7.34. The highest BCUT2D eigenvalue weighted by Gasteiger charge is 2.05. The molecule has 84 valence electrons. The van der Waals surface area contributed by atoms with E-state index in [1.165, 1.54) is 10.7 Å². The summed E-state index contributed by atoms with van der Waals surface area (Å²) in [5.74, 6) is 0.602. The molecule has 1 atom stereocenters. The van der Waals surface area contributed by atoms with Crippen molar-refractivity contribution in [3.8, 4) is 0 Å². The Balaban J connectivity index is 2.39. The molecule has 1 rings (SSSR count). The first kappa shape index (κ1) is 11.9. The van der Waals surface area contributed by atoms with Gasteiger partial charge in [0.05, 0.1) is 6.54 Å². The van der Waals surface area contributed by atoms with Gasteiger partial charge in [-0.15, -0.1) is 0 Å². The predicted molar refractivity (Wildman–Crippen MR) is 60.8 cm³/mol. The molecule has 4 heteroatoms. The molecule has 0 aromatic carbocycles. The zero-order valence-corrected chi connectivity index (χ0v) is 9.60. The van der Waals surface area contributed by atoms with E-state index in [9.17, 15) is 4.79 Å². The van der Waals surface area contributed by atoms with Crippen LogP contribution in [-0.2, 0) is 6.54 Å². The third kappa shape index (κ3) is 3.83. The standard InChI is InChI=1S/C11H19N3O/c1-9(2)10(3)12-7-8-14-11(15)5-4-6-13-14/h4-6,9-10,12H,7-8H2,1-3H3. The van der Waals surface area contributed by atoms with Gasteiger partial charge in [-0.05, 0) is 18.9 Å². The maximum absolute atomic E-state index is 11.3. The molecule has 1 unspecified atom stereocenters. The molecule has 0 fully saturated rings. The van der Waals surface area contributed by atoms with Crippen LogP contribution in [0.1, 0.15) is 20.8 Å². The van der Waals surface area contributed by atoms with Crippen LogP contribution in [0.25, 0.3) is 0 Å². The molecule has 0 saturated heterocycles. The van der Waals surface area contributed by atoms with Crippen molar-refractivity contribution in [2.24, 2.45) is 5.92 Å². The molecule has 15 heavy (non-hydrogen) atoms. The Morgan fingerprint density at radius 3 is 2.80 bits per heavy atom. The minimum absolute atomic E-state index is 0.0449. The summed E-state index contributed by atoms with van der Waals surface area (Å²) < 4.78 is 1.47. The van der Waals surface area contributed by atoms with Crippen molar-refractivity contribution in [2.75, 3.05) is 6.54 Å². The van der Waals surface area contributed by atoms with Crippen LogP contribution in [0.4, 0.5) is 0 Å². The summed E-state index contributed by atoms with van der Waals surface area (Å²) >= 11 is 0. The van der Waals surface area contributed by atoms with E-state index in [0.29, 0.717) is 18.5 Å². The molecular formula is C11H19N3O. The zero-order valence-electron chi connectivity index (χ0n) is 9.60. The average molecular weight is 209 g/mol. The maximum atomic E-state index is 11.3. The van der Waals surface area contributed by atoms with Gasteiger partial charge >= 0.3 is 0 Å². The van der Waals surface area contributed by atoms with E-state index in [-0.39, 0.29) is 5.56 Å². The van der Waals surface area contributed by atoms with Gasteiger partial charge in [-0.2, -0.15) is 5.10 Å². The maximum Gasteiger partial charge on any atom is 0.266 e. The lowest BCUT2D eigenvalue weighted by atomic mass is 10.1. The van der Waals surface area contributed by atoms with Gasteiger partial charge in [-0.3, -0.25) is 4.79 Å². The number of hydrogen-bond donors (Lipinski definition) is 1. The highest BCUT2D eigenvalue weighted by molar-refractivity contribution is 4.84. The number of nitrogens with one attached hydrogen (secondary N) is 1. The topological polar surface area (TPSA) is 46.9 Å². The summed E-state index contributed by atoms with van der Waals surface area (Å²) in [6.07, 6.45) is 1.63. The smallest absolute Gasteiger partial charge is 0.266 e. The molecule has 0 aliphatic carbocycles. The van der Waals surface area contributed by atoms with Gasteiger partial charge in [-0.25, -0.2) is 4.68 Å². The van der Waals surface area contributed by atoms with Gasteiger partial charge in [0.1, 0.15) is 0 Å². The molecule has 1 aromatic rings. The normalized spacial score (nSPS) is 13.1. The lowest BCUT2D eigenvalue weighted by molar-refractivity contribution is 0.407. The quantitative estimate of drug-likeness (QED) is 0.783. The van der Waals surface area contributed by atoms with Gasteiger partial charge < -0.3 is 5.32 Å². The summed E-state index contributed by atoms with van der Waals surface area (Å²) in [6.45, 7) is 7.88. The van der Waals surface area contributed by atoms with E-state index in [1.807, 2.05) is 0 Å². The predicted octanol–water partition coefficient (Wildman–Crippen LogP) is 0.877. The van der Waals surface area contributed by atoms with Crippen LogP contribution in [0, 0.1) is 5.92 Å². The van der Waals surface area contributed by atoms with E-state index in [2.05, 4.69) is 31.2 Å². The summed E-state index contributed by atoms with van der Waals surface area (Å²) in [7, 11) is 0. The van der Waals surface area contributed by atoms with Crippen molar-refractivity contribution in [2.45, 2.75) is 33.4 Å². The number of aromatic nitrogens is 2.